The van der Waals surface area contributed by atoms with Crippen LogP contribution in [0.1, 0.15) is 32.1 Å². The smallest absolute Gasteiger partial charge is 0.131 e. The number of rotatable bonds is 6. The maximum Gasteiger partial charge on any atom is 0.131 e. The van der Waals surface area contributed by atoms with Crippen molar-refractivity contribution < 1.29 is 9.47 Å². The molecule has 0 saturated carbocycles. The Labute approximate surface area is 125 Å². The van der Waals surface area contributed by atoms with Gasteiger partial charge in [0.25, 0.3) is 0 Å². The fraction of sp³-hybridized carbons (Fsp3) is 0.733. The maximum absolute atomic E-state index is 5.62. The van der Waals surface area contributed by atoms with Crippen LogP contribution in [0.2, 0.25) is 0 Å². The Hall–Kier alpha value is -1.40. The van der Waals surface area contributed by atoms with E-state index < -0.39 is 0 Å². The molecule has 116 valence electrons. The van der Waals surface area contributed by atoms with Gasteiger partial charge in [0.1, 0.15) is 18.0 Å². The van der Waals surface area contributed by atoms with Crippen molar-refractivity contribution in [3.8, 4) is 0 Å². The number of ether oxygens (including phenoxy) is 2. The minimum Gasteiger partial charge on any atom is -0.379 e. The molecule has 3 rings (SSSR count). The van der Waals surface area contributed by atoms with E-state index in [1.807, 2.05) is 6.07 Å². The van der Waals surface area contributed by atoms with E-state index in [4.69, 9.17) is 9.47 Å². The number of aromatic nitrogens is 2. The average molecular weight is 292 g/mol. The van der Waals surface area contributed by atoms with Crippen LogP contribution < -0.4 is 10.6 Å². The predicted molar refractivity (Wildman–Crippen MR) is 81.6 cm³/mol. The van der Waals surface area contributed by atoms with Gasteiger partial charge in [-0.3, -0.25) is 0 Å². The van der Waals surface area contributed by atoms with Gasteiger partial charge in [-0.05, 0) is 32.1 Å². The van der Waals surface area contributed by atoms with Crippen molar-refractivity contribution >= 4 is 11.6 Å². The van der Waals surface area contributed by atoms with E-state index in [1.165, 1.54) is 12.8 Å². The summed E-state index contributed by atoms with van der Waals surface area (Å²) in [6.45, 7) is 3.42. The Balaban J connectivity index is 1.45. The van der Waals surface area contributed by atoms with E-state index in [0.29, 0.717) is 12.1 Å². The highest BCUT2D eigenvalue weighted by Gasteiger charge is 2.15. The van der Waals surface area contributed by atoms with Gasteiger partial charge < -0.3 is 20.1 Å². The molecule has 0 spiro atoms. The molecule has 2 N–H and O–H groups in total. The number of hydrogen-bond acceptors (Lipinski definition) is 6. The van der Waals surface area contributed by atoms with E-state index in [-0.39, 0.29) is 0 Å². The van der Waals surface area contributed by atoms with Crippen molar-refractivity contribution in [3.63, 3.8) is 0 Å². The van der Waals surface area contributed by atoms with Crippen molar-refractivity contribution in [1.29, 1.82) is 0 Å². The Morgan fingerprint density at radius 2 is 2.05 bits per heavy atom. The van der Waals surface area contributed by atoms with Gasteiger partial charge in [-0.25, -0.2) is 9.97 Å². The molecule has 2 aliphatic rings. The minimum absolute atomic E-state index is 0.355. The summed E-state index contributed by atoms with van der Waals surface area (Å²) >= 11 is 0. The lowest BCUT2D eigenvalue weighted by Gasteiger charge is -2.23. The zero-order valence-electron chi connectivity index (χ0n) is 12.4. The first-order chi connectivity index (χ1) is 10.4. The summed E-state index contributed by atoms with van der Waals surface area (Å²) in [5.74, 6) is 1.72. The average Bonchev–Trinajstić information content (AvgIpc) is 3.02. The predicted octanol–water partition coefficient (Wildman–Crippen LogP) is 2.05. The minimum atomic E-state index is 0.355. The molecule has 2 fully saturated rings. The van der Waals surface area contributed by atoms with Crippen LogP contribution in [-0.2, 0) is 9.47 Å². The first-order valence-electron chi connectivity index (χ1n) is 7.92. The van der Waals surface area contributed by atoms with Crippen molar-refractivity contribution in [1.82, 2.24) is 9.97 Å². The fourth-order valence-corrected chi connectivity index (χ4v) is 2.83. The third-order valence-corrected chi connectivity index (χ3v) is 3.98. The molecule has 1 aromatic rings. The van der Waals surface area contributed by atoms with Gasteiger partial charge in [0.2, 0.25) is 0 Å². The molecule has 1 aromatic heterocycles. The van der Waals surface area contributed by atoms with Gasteiger partial charge in [0.15, 0.2) is 0 Å². The highest BCUT2D eigenvalue weighted by atomic mass is 16.5. The highest BCUT2D eigenvalue weighted by molar-refractivity contribution is 5.46. The molecule has 0 aromatic carbocycles. The first kappa shape index (κ1) is 14.5. The van der Waals surface area contributed by atoms with Crippen LogP contribution in [-0.4, -0.2) is 48.5 Å². The summed E-state index contributed by atoms with van der Waals surface area (Å²) in [5, 5.41) is 6.76. The lowest BCUT2D eigenvalue weighted by molar-refractivity contribution is 0.0875. The number of nitrogens with zero attached hydrogens (tertiary/aromatic N) is 2. The summed E-state index contributed by atoms with van der Waals surface area (Å²) in [6.07, 6.45) is 7.65. The number of nitrogens with one attached hydrogen (secondary N) is 2. The van der Waals surface area contributed by atoms with Crippen molar-refractivity contribution in [3.05, 3.63) is 12.4 Å². The summed E-state index contributed by atoms with van der Waals surface area (Å²) < 4.78 is 11.1. The van der Waals surface area contributed by atoms with Crippen molar-refractivity contribution in [2.24, 2.45) is 0 Å². The Bertz CT molecular complexity index is 431. The van der Waals surface area contributed by atoms with Crippen LogP contribution in [0, 0.1) is 0 Å². The van der Waals surface area contributed by atoms with Gasteiger partial charge in [-0.2, -0.15) is 0 Å². The van der Waals surface area contributed by atoms with Gasteiger partial charge in [-0.15, -0.1) is 0 Å². The molecule has 6 nitrogen and oxygen atoms in total. The van der Waals surface area contributed by atoms with Gasteiger partial charge >= 0.3 is 0 Å². The zero-order chi connectivity index (χ0) is 14.3. The Kier molecular flexibility index (Phi) is 5.23. The highest BCUT2D eigenvalue weighted by Crippen LogP contribution is 2.17. The molecule has 2 atom stereocenters. The molecule has 21 heavy (non-hydrogen) atoms. The lowest BCUT2D eigenvalue weighted by Crippen LogP contribution is -2.30. The molecule has 2 aliphatic heterocycles. The van der Waals surface area contributed by atoms with Crippen LogP contribution in [0.5, 0.6) is 0 Å². The molecule has 0 unspecified atom stereocenters. The van der Waals surface area contributed by atoms with Crippen LogP contribution in [0.25, 0.3) is 0 Å². The quantitative estimate of drug-likeness (QED) is 0.836. The lowest BCUT2D eigenvalue weighted by atomic mass is 10.1. The van der Waals surface area contributed by atoms with Crippen LogP contribution in [0.3, 0.4) is 0 Å². The molecular weight excluding hydrogens is 268 g/mol. The monoisotopic (exact) mass is 292 g/mol. The number of anilines is 2. The second-order valence-electron chi connectivity index (χ2n) is 5.70. The summed E-state index contributed by atoms with van der Waals surface area (Å²) in [6, 6.07) is 2.32. The third-order valence-electron chi connectivity index (χ3n) is 3.98. The molecule has 0 amide bonds. The molecule has 0 aliphatic carbocycles. The summed E-state index contributed by atoms with van der Waals surface area (Å²) in [4.78, 5) is 8.54. The normalized spacial score (nSPS) is 25.7. The van der Waals surface area contributed by atoms with Crippen LogP contribution in [0.4, 0.5) is 11.6 Å². The van der Waals surface area contributed by atoms with E-state index in [9.17, 15) is 0 Å². The Morgan fingerprint density at radius 1 is 1.14 bits per heavy atom. The Morgan fingerprint density at radius 3 is 2.86 bits per heavy atom. The topological polar surface area (TPSA) is 68.3 Å². The first-order valence-corrected chi connectivity index (χ1v) is 7.92. The van der Waals surface area contributed by atoms with Crippen molar-refractivity contribution in [2.75, 3.05) is 37.0 Å². The SMILES string of the molecule is c1nc(NCC[C@@H]2CCCO2)cc(N[C@H]2CCCOC2)n1. The largest absolute Gasteiger partial charge is 0.379 e. The summed E-state index contributed by atoms with van der Waals surface area (Å²) in [7, 11) is 0. The van der Waals surface area contributed by atoms with E-state index in [0.717, 1.165) is 57.3 Å². The third kappa shape index (κ3) is 4.54. The molecule has 6 heteroatoms. The molecule has 3 heterocycles. The van der Waals surface area contributed by atoms with E-state index in [2.05, 4.69) is 20.6 Å². The molecule has 0 bridgehead atoms. The molecular formula is C15H24N4O2. The molecule has 0 radical (unpaired) electrons. The second kappa shape index (κ2) is 7.56. The van der Waals surface area contributed by atoms with Crippen molar-refractivity contribution in [2.45, 2.75) is 44.2 Å². The van der Waals surface area contributed by atoms with Gasteiger partial charge in [-0.1, -0.05) is 0 Å². The van der Waals surface area contributed by atoms with Crippen LogP contribution >= 0.6 is 0 Å². The fourth-order valence-electron chi connectivity index (χ4n) is 2.83. The van der Waals surface area contributed by atoms with E-state index >= 15 is 0 Å². The van der Waals surface area contributed by atoms with Gasteiger partial charge in [0.05, 0.1) is 18.8 Å². The summed E-state index contributed by atoms with van der Waals surface area (Å²) in [5.41, 5.74) is 0. The maximum atomic E-state index is 5.62. The zero-order valence-corrected chi connectivity index (χ0v) is 12.4. The molecule has 2 saturated heterocycles. The van der Waals surface area contributed by atoms with Crippen LogP contribution in [0.15, 0.2) is 12.4 Å². The number of hydrogen-bond donors (Lipinski definition) is 2. The second-order valence-corrected chi connectivity index (χ2v) is 5.70. The van der Waals surface area contributed by atoms with Gasteiger partial charge in [0, 0.05) is 25.8 Å². The van der Waals surface area contributed by atoms with E-state index in [1.54, 1.807) is 6.33 Å². The standard InChI is InChI=1S/C15H24N4O2/c1-3-12(10-20-7-1)19-15-9-14(17-11-18-15)16-6-5-13-4-2-8-21-13/h9,11-13H,1-8,10H2,(H2,16,17,18,19)/t12-,13-/m0/s1.